The first kappa shape index (κ1) is 13.6. The topological polar surface area (TPSA) is 9.23 Å². The highest BCUT2D eigenvalue weighted by atomic mass is 16.5. The van der Waals surface area contributed by atoms with Crippen molar-refractivity contribution in [1.29, 1.82) is 0 Å². The van der Waals surface area contributed by atoms with Gasteiger partial charge in [-0.3, -0.25) is 0 Å². The molecule has 0 amide bonds. The Hall–Kier alpha value is -1.86. The van der Waals surface area contributed by atoms with Crippen LogP contribution in [0.2, 0.25) is 0 Å². The van der Waals surface area contributed by atoms with Crippen molar-refractivity contribution >= 4 is 6.08 Å². The smallest absolute Gasteiger partial charge is 0.0826 e. The molecule has 0 N–H and O–H groups in total. The normalized spacial score (nSPS) is 12.7. The van der Waals surface area contributed by atoms with Crippen molar-refractivity contribution in [3.05, 3.63) is 77.9 Å². The number of hydrogen-bond acceptors (Lipinski definition) is 1. The lowest BCUT2D eigenvalue weighted by Gasteiger charge is -2.15. The maximum Gasteiger partial charge on any atom is 0.0826 e. The zero-order valence-corrected chi connectivity index (χ0v) is 11.3. The predicted octanol–water partition coefficient (Wildman–Crippen LogP) is 4.87. The van der Waals surface area contributed by atoms with Gasteiger partial charge in [-0.2, -0.15) is 0 Å². The predicted molar refractivity (Wildman–Crippen MR) is 80.9 cm³/mol. The first-order valence-corrected chi connectivity index (χ1v) is 6.78. The molecule has 0 saturated carbocycles. The summed E-state index contributed by atoms with van der Waals surface area (Å²) in [4.78, 5) is 0. The minimum absolute atomic E-state index is 0.182. The summed E-state index contributed by atoms with van der Waals surface area (Å²) in [5, 5.41) is 0. The molecule has 0 aliphatic carbocycles. The van der Waals surface area contributed by atoms with E-state index in [1.807, 2.05) is 24.3 Å². The van der Waals surface area contributed by atoms with Gasteiger partial charge in [-0.15, -0.1) is 0 Å². The van der Waals surface area contributed by atoms with Crippen molar-refractivity contribution < 1.29 is 4.74 Å². The average Bonchev–Trinajstić information content (AvgIpc) is 2.49. The van der Waals surface area contributed by atoms with E-state index in [4.69, 9.17) is 4.74 Å². The molecule has 0 fully saturated rings. The second kappa shape index (κ2) is 7.55. The van der Waals surface area contributed by atoms with Crippen LogP contribution in [0.5, 0.6) is 0 Å². The third-order valence-electron chi connectivity index (χ3n) is 3.05. The van der Waals surface area contributed by atoms with Gasteiger partial charge < -0.3 is 4.74 Å². The molecule has 1 atom stereocenters. The molecule has 0 saturated heterocycles. The standard InChI is InChI=1S/C18H20O/c1-2-18(17-13-7-4-8-14-17)19-15-9-12-16-10-5-3-6-11-16/h3-14,18H,2,15H2,1H3. The molecule has 0 heterocycles. The molecule has 2 aromatic rings. The minimum Gasteiger partial charge on any atom is -0.369 e. The molecule has 0 aromatic heterocycles. The van der Waals surface area contributed by atoms with Crippen molar-refractivity contribution in [3.63, 3.8) is 0 Å². The monoisotopic (exact) mass is 252 g/mol. The fourth-order valence-electron chi connectivity index (χ4n) is 2.04. The van der Waals surface area contributed by atoms with Gasteiger partial charge in [0.15, 0.2) is 0 Å². The molecule has 2 aromatic carbocycles. The lowest BCUT2D eigenvalue weighted by molar-refractivity contribution is 0.0716. The van der Waals surface area contributed by atoms with E-state index in [1.165, 1.54) is 11.1 Å². The van der Waals surface area contributed by atoms with E-state index in [9.17, 15) is 0 Å². The average molecular weight is 252 g/mol. The van der Waals surface area contributed by atoms with Crippen LogP contribution >= 0.6 is 0 Å². The molecular weight excluding hydrogens is 232 g/mol. The largest absolute Gasteiger partial charge is 0.369 e. The zero-order chi connectivity index (χ0) is 13.3. The van der Waals surface area contributed by atoms with Crippen molar-refractivity contribution in [2.45, 2.75) is 19.4 Å². The van der Waals surface area contributed by atoms with E-state index < -0.39 is 0 Å². The fourth-order valence-corrected chi connectivity index (χ4v) is 2.04. The highest BCUT2D eigenvalue weighted by Gasteiger charge is 2.07. The Bertz CT molecular complexity index is 488. The molecule has 0 aliphatic heterocycles. The Morgan fingerprint density at radius 2 is 1.58 bits per heavy atom. The molecule has 1 nitrogen and oxygen atoms in total. The van der Waals surface area contributed by atoms with Gasteiger partial charge in [-0.05, 0) is 17.5 Å². The molecule has 19 heavy (non-hydrogen) atoms. The van der Waals surface area contributed by atoms with E-state index in [0.717, 1.165) is 6.42 Å². The van der Waals surface area contributed by atoms with Crippen LogP contribution in [-0.2, 0) is 4.74 Å². The number of benzene rings is 2. The van der Waals surface area contributed by atoms with E-state index in [2.05, 4.69) is 55.5 Å². The Kier molecular flexibility index (Phi) is 5.39. The second-order valence-corrected chi connectivity index (χ2v) is 4.45. The first-order valence-electron chi connectivity index (χ1n) is 6.78. The second-order valence-electron chi connectivity index (χ2n) is 4.45. The molecular formula is C18H20O. The maximum absolute atomic E-state index is 5.91. The molecule has 0 radical (unpaired) electrons. The zero-order valence-electron chi connectivity index (χ0n) is 11.3. The first-order chi connectivity index (χ1) is 9.40. The van der Waals surface area contributed by atoms with Crippen LogP contribution in [0.1, 0.15) is 30.6 Å². The van der Waals surface area contributed by atoms with Crippen LogP contribution < -0.4 is 0 Å². The number of rotatable bonds is 6. The Morgan fingerprint density at radius 1 is 0.947 bits per heavy atom. The summed E-state index contributed by atoms with van der Waals surface area (Å²) >= 11 is 0. The summed E-state index contributed by atoms with van der Waals surface area (Å²) in [7, 11) is 0. The van der Waals surface area contributed by atoms with Crippen molar-refractivity contribution in [2.24, 2.45) is 0 Å². The lowest BCUT2D eigenvalue weighted by Crippen LogP contribution is -2.02. The lowest BCUT2D eigenvalue weighted by atomic mass is 10.1. The third kappa shape index (κ3) is 4.38. The van der Waals surface area contributed by atoms with Gasteiger partial charge in [0, 0.05) is 0 Å². The molecule has 1 unspecified atom stereocenters. The summed E-state index contributed by atoms with van der Waals surface area (Å²) in [6, 6.07) is 20.7. The summed E-state index contributed by atoms with van der Waals surface area (Å²) in [6.07, 6.45) is 5.34. The Labute approximate surface area is 115 Å². The van der Waals surface area contributed by atoms with Gasteiger partial charge >= 0.3 is 0 Å². The van der Waals surface area contributed by atoms with Gasteiger partial charge in [-0.1, -0.05) is 79.7 Å². The van der Waals surface area contributed by atoms with Crippen LogP contribution in [0, 0.1) is 0 Å². The highest BCUT2D eigenvalue weighted by molar-refractivity contribution is 5.48. The SMILES string of the molecule is CCC(OCC=Cc1ccccc1)c1ccccc1. The van der Waals surface area contributed by atoms with Crippen LogP contribution in [0.15, 0.2) is 66.7 Å². The van der Waals surface area contributed by atoms with E-state index in [1.54, 1.807) is 0 Å². The quantitative estimate of drug-likeness (QED) is 0.712. The van der Waals surface area contributed by atoms with Crippen LogP contribution in [0.4, 0.5) is 0 Å². The third-order valence-corrected chi connectivity index (χ3v) is 3.05. The van der Waals surface area contributed by atoms with E-state index in [0.29, 0.717) is 6.61 Å². The molecule has 0 aliphatic rings. The minimum atomic E-state index is 0.182. The van der Waals surface area contributed by atoms with Crippen LogP contribution in [0.25, 0.3) is 6.08 Å². The maximum atomic E-state index is 5.91. The van der Waals surface area contributed by atoms with Crippen LogP contribution in [-0.4, -0.2) is 6.61 Å². The highest BCUT2D eigenvalue weighted by Crippen LogP contribution is 2.20. The summed E-state index contributed by atoms with van der Waals surface area (Å²) in [5.74, 6) is 0. The Morgan fingerprint density at radius 3 is 2.21 bits per heavy atom. The van der Waals surface area contributed by atoms with Gasteiger partial charge in [0.1, 0.15) is 0 Å². The fraction of sp³-hybridized carbons (Fsp3) is 0.222. The summed E-state index contributed by atoms with van der Waals surface area (Å²) in [6.45, 7) is 2.79. The van der Waals surface area contributed by atoms with Crippen molar-refractivity contribution in [1.82, 2.24) is 0 Å². The van der Waals surface area contributed by atoms with Crippen molar-refractivity contribution in [2.75, 3.05) is 6.61 Å². The number of ether oxygens (including phenoxy) is 1. The molecule has 0 bridgehead atoms. The number of hydrogen-bond donors (Lipinski definition) is 0. The van der Waals surface area contributed by atoms with Crippen molar-refractivity contribution in [3.8, 4) is 0 Å². The molecule has 1 heteroatoms. The van der Waals surface area contributed by atoms with Gasteiger partial charge in [0.2, 0.25) is 0 Å². The molecule has 2 rings (SSSR count). The summed E-state index contributed by atoms with van der Waals surface area (Å²) < 4.78 is 5.91. The Balaban J connectivity index is 1.86. The van der Waals surface area contributed by atoms with Gasteiger partial charge in [0.05, 0.1) is 12.7 Å². The summed E-state index contributed by atoms with van der Waals surface area (Å²) in [5.41, 5.74) is 2.46. The molecule has 98 valence electrons. The van der Waals surface area contributed by atoms with E-state index in [-0.39, 0.29) is 6.10 Å². The van der Waals surface area contributed by atoms with Gasteiger partial charge in [0.25, 0.3) is 0 Å². The molecule has 0 spiro atoms. The van der Waals surface area contributed by atoms with Crippen LogP contribution in [0.3, 0.4) is 0 Å². The van der Waals surface area contributed by atoms with Gasteiger partial charge in [-0.25, -0.2) is 0 Å². The van der Waals surface area contributed by atoms with E-state index >= 15 is 0 Å².